The van der Waals surface area contributed by atoms with Gasteiger partial charge in [-0.2, -0.15) is 11.8 Å². The molecule has 22 heavy (non-hydrogen) atoms. The molecular formula is C16H25ClN2O2S. The number of nitrogens with zero attached hydrogens (tertiary/aromatic N) is 1. The number of hydrogen-bond acceptors (Lipinski definition) is 4. The van der Waals surface area contributed by atoms with Crippen molar-refractivity contribution >= 4 is 30.1 Å². The minimum Gasteiger partial charge on any atom is -0.370 e. The Hall–Kier alpha value is -0.750. The fourth-order valence-corrected chi connectivity index (χ4v) is 3.08. The largest absolute Gasteiger partial charge is 0.370 e. The van der Waals surface area contributed by atoms with Gasteiger partial charge in [0.1, 0.15) is 6.10 Å². The number of carbonyl (C=O) groups excluding carboxylic acids is 1. The second-order valence-electron chi connectivity index (χ2n) is 5.39. The van der Waals surface area contributed by atoms with Crippen LogP contribution >= 0.6 is 24.2 Å². The van der Waals surface area contributed by atoms with Gasteiger partial charge in [-0.05, 0) is 36.5 Å². The maximum atomic E-state index is 12.4. The van der Waals surface area contributed by atoms with Gasteiger partial charge >= 0.3 is 0 Å². The van der Waals surface area contributed by atoms with Crippen molar-refractivity contribution in [1.29, 1.82) is 0 Å². The molecule has 1 aliphatic heterocycles. The third-order valence-electron chi connectivity index (χ3n) is 3.86. The van der Waals surface area contributed by atoms with Crippen LogP contribution in [-0.4, -0.2) is 48.6 Å². The van der Waals surface area contributed by atoms with Gasteiger partial charge in [0.25, 0.3) is 0 Å². The third kappa shape index (κ3) is 4.88. The zero-order valence-electron chi connectivity index (χ0n) is 13.2. The van der Waals surface area contributed by atoms with E-state index in [-0.39, 0.29) is 24.4 Å². The zero-order valence-corrected chi connectivity index (χ0v) is 14.8. The van der Waals surface area contributed by atoms with E-state index in [2.05, 4.69) is 19.1 Å². The first kappa shape index (κ1) is 19.3. The number of aryl methyl sites for hydroxylation is 1. The van der Waals surface area contributed by atoms with Crippen LogP contribution in [0.25, 0.3) is 0 Å². The van der Waals surface area contributed by atoms with E-state index in [9.17, 15) is 4.79 Å². The molecule has 4 nitrogen and oxygen atoms in total. The molecule has 0 spiro atoms. The average Bonchev–Trinajstić information content (AvgIpc) is 2.52. The first-order valence-electron chi connectivity index (χ1n) is 7.34. The second kappa shape index (κ2) is 9.40. The van der Waals surface area contributed by atoms with Crippen LogP contribution in [0.15, 0.2) is 24.3 Å². The van der Waals surface area contributed by atoms with E-state index < -0.39 is 6.04 Å². The van der Waals surface area contributed by atoms with Crippen molar-refractivity contribution in [2.24, 2.45) is 5.73 Å². The number of hydrogen-bond donors (Lipinski definition) is 1. The number of thioether (sulfide) groups is 1. The van der Waals surface area contributed by atoms with Crippen LogP contribution in [-0.2, 0) is 9.53 Å². The van der Waals surface area contributed by atoms with E-state index in [1.165, 1.54) is 5.56 Å². The predicted molar refractivity (Wildman–Crippen MR) is 94.7 cm³/mol. The molecule has 2 rings (SSSR count). The molecule has 1 aromatic carbocycles. The number of benzene rings is 1. The van der Waals surface area contributed by atoms with Crippen LogP contribution in [0.2, 0.25) is 0 Å². The molecule has 1 unspecified atom stereocenters. The van der Waals surface area contributed by atoms with Crippen LogP contribution in [0.4, 0.5) is 0 Å². The smallest absolute Gasteiger partial charge is 0.239 e. The van der Waals surface area contributed by atoms with Gasteiger partial charge in [-0.3, -0.25) is 4.79 Å². The Bertz CT molecular complexity index is 487. The molecule has 0 bridgehead atoms. The molecule has 0 saturated carbocycles. The molecule has 1 amide bonds. The summed E-state index contributed by atoms with van der Waals surface area (Å²) in [6.07, 6.45) is 2.71. The summed E-state index contributed by atoms with van der Waals surface area (Å²) in [5.41, 5.74) is 8.36. The van der Waals surface area contributed by atoms with Gasteiger partial charge in [0.2, 0.25) is 5.91 Å². The van der Waals surface area contributed by atoms with Crippen molar-refractivity contribution in [2.75, 3.05) is 31.7 Å². The monoisotopic (exact) mass is 344 g/mol. The summed E-state index contributed by atoms with van der Waals surface area (Å²) >= 11 is 1.72. The molecular weight excluding hydrogens is 320 g/mol. The minimum atomic E-state index is -0.395. The molecule has 1 saturated heterocycles. The number of amides is 1. The second-order valence-corrected chi connectivity index (χ2v) is 6.37. The van der Waals surface area contributed by atoms with E-state index in [0.717, 1.165) is 17.7 Å². The SMILES string of the molecule is CSCC[C@H](N)C(=O)N1CCOC(c2ccccc2C)C1.Cl. The average molecular weight is 345 g/mol. The Morgan fingerprint density at radius 1 is 1.50 bits per heavy atom. The summed E-state index contributed by atoms with van der Waals surface area (Å²) < 4.78 is 5.85. The quantitative estimate of drug-likeness (QED) is 0.891. The number of rotatable bonds is 5. The highest BCUT2D eigenvalue weighted by molar-refractivity contribution is 7.98. The molecule has 1 aliphatic rings. The first-order valence-corrected chi connectivity index (χ1v) is 8.73. The lowest BCUT2D eigenvalue weighted by Crippen LogP contribution is -2.49. The highest BCUT2D eigenvalue weighted by atomic mass is 35.5. The predicted octanol–water partition coefficient (Wildman–Crippen LogP) is 2.40. The van der Waals surface area contributed by atoms with E-state index in [1.807, 2.05) is 23.3 Å². The van der Waals surface area contributed by atoms with E-state index in [1.54, 1.807) is 11.8 Å². The Kier molecular flexibility index (Phi) is 8.25. The topological polar surface area (TPSA) is 55.6 Å². The summed E-state index contributed by atoms with van der Waals surface area (Å²) in [7, 11) is 0. The maximum Gasteiger partial charge on any atom is 0.239 e. The van der Waals surface area contributed by atoms with Crippen molar-refractivity contribution in [2.45, 2.75) is 25.5 Å². The van der Waals surface area contributed by atoms with Crippen LogP contribution in [0, 0.1) is 6.92 Å². The Balaban J connectivity index is 0.00000242. The Morgan fingerprint density at radius 2 is 2.23 bits per heavy atom. The molecule has 2 atom stereocenters. The summed E-state index contributed by atoms with van der Waals surface area (Å²) in [5.74, 6) is 0.962. The molecule has 124 valence electrons. The fourth-order valence-electron chi connectivity index (χ4n) is 2.59. The molecule has 1 heterocycles. The lowest BCUT2D eigenvalue weighted by molar-refractivity contribution is -0.140. The number of ether oxygens (including phenoxy) is 1. The fraction of sp³-hybridized carbons (Fsp3) is 0.562. The van der Waals surface area contributed by atoms with Gasteiger partial charge in [-0.15, -0.1) is 12.4 Å². The van der Waals surface area contributed by atoms with Crippen molar-refractivity contribution < 1.29 is 9.53 Å². The van der Waals surface area contributed by atoms with Gasteiger partial charge in [0.05, 0.1) is 19.2 Å². The molecule has 2 N–H and O–H groups in total. The molecule has 0 aliphatic carbocycles. The van der Waals surface area contributed by atoms with E-state index >= 15 is 0 Å². The first-order chi connectivity index (χ1) is 10.1. The molecule has 0 radical (unpaired) electrons. The standard InChI is InChI=1S/C16H24N2O2S.ClH/c1-12-5-3-4-6-13(12)15-11-18(8-9-20-15)16(19)14(17)7-10-21-2;/h3-6,14-15H,7-11,17H2,1-2H3;1H/t14-,15?;/m0./s1. The Morgan fingerprint density at radius 3 is 2.91 bits per heavy atom. The molecule has 6 heteroatoms. The summed E-state index contributed by atoms with van der Waals surface area (Å²) in [4.78, 5) is 14.3. The van der Waals surface area contributed by atoms with Crippen molar-refractivity contribution in [3.05, 3.63) is 35.4 Å². The maximum absolute atomic E-state index is 12.4. The lowest BCUT2D eigenvalue weighted by Gasteiger charge is -2.35. The van der Waals surface area contributed by atoms with Gasteiger partial charge < -0.3 is 15.4 Å². The number of morpholine rings is 1. The molecule has 1 aromatic rings. The highest BCUT2D eigenvalue weighted by Crippen LogP contribution is 2.25. The van der Waals surface area contributed by atoms with Crippen LogP contribution in [0.3, 0.4) is 0 Å². The van der Waals surface area contributed by atoms with Gasteiger partial charge in [0.15, 0.2) is 0 Å². The van der Waals surface area contributed by atoms with Crippen LogP contribution in [0.5, 0.6) is 0 Å². The van der Waals surface area contributed by atoms with Crippen molar-refractivity contribution in [3.8, 4) is 0 Å². The van der Waals surface area contributed by atoms with Gasteiger partial charge in [-0.25, -0.2) is 0 Å². The van der Waals surface area contributed by atoms with Crippen molar-refractivity contribution in [1.82, 2.24) is 4.90 Å². The van der Waals surface area contributed by atoms with E-state index in [0.29, 0.717) is 19.7 Å². The number of carbonyl (C=O) groups is 1. The van der Waals surface area contributed by atoms with Crippen LogP contribution in [0.1, 0.15) is 23.7 Å². The van der Waals surface area contributed by atoms with Gasteiger partial charge in [-0.1, -0.05) is 24.3 Å². The highest BCUT2D eigenvalue weighted by Gasteiger charge is 2.28. The lowest BCUT2D eigenvalue weighted by atomic mass is 10.0. The Labute approximate surface area is 143 Å². The number of halogens is 1. The number of nitrogens with two attached hydrogens (primary N) is 1. The van der Waals surface area contributed by atoms with Crippen molar-refractivity contribution in [3.63, 3.8) is 0 Å². The zero-order chi connectivity index (χ0) is 15.2. The third-order valence-corrected chi connectivity index (χ3v) is 4.51. The van der Waals surface area contributed by atoms with Gasteiger partial charge in [0, 0.05) is 6.54 Å². The van der Waals surface area contributed by atoms with Crippen LogP contribution < -0.4 is 5.73 Å². The minimum absolute atomic E-state index is 0. The molecule has 1 fully saturated rings. The van der Waals surface area contributed by atoms with E-state index in [4.69, 9.17) is 10.5 Å². The summed E-state index contributed by atoms with van der Waals surface area (Å²) in [6.45, 7) is 3.87. The summed E-state index contributed by atoms with van der Waals surface area (Å²) in [5, 5.41) is 0. The summed E-state index contributed by atoms with van der Waals surface area (Å²) in [6, 6.07) is 7.78. The molecule has 0 aromatic heterocycles. The normalized spacial score (nSPS) is 19.4.